The molecule has 1 atom stereocenters. The van der Waals surface area contributed by atoms with E-state index < -0.39 is 0 Å². The zero-order chi connectivity index (χ0) is 18.8. The van der Waals surface area contributed by atoms with Crippen LogP contribution in [0.4, 0.5) is 0 Å². The van der Waals surface area contributed by atoms with Crippen molar-refractivity contribution in [2.24, 2.45) is 0 Å². The van der Waals surface area contributed by atoms with Crippen LogP contribution >= 0.6 is 0 Å². The van der Waals surface area contributed by atoms with E-state index in [0.29, 0.717) is 36.9 Å². The summed E-state index contributed by atoms with van der Waals surface area (Å²) in [5.74, 6) is 0.893. The highest BCUT2D eigenvalue weighted by Crippen LogP contribution is 2.29. The topological polar surface area (TPSA) is 85.0 Å². The third kappa shape index (κ3) is 3.72. The molecule has 0 aliphatic carbocycles. The molecule has 1 aromatic carbocycles. The molecule has 0 N–H and O–H groups in total. The number of aryl methyl sites for hydroxylation is 2. The monoisotopic (exact) mass is 363 g/mol. The van der Waals surface area contributed by atoms with E-state index in [4.69, 9.17) is 4.52 Å². The highest BCUT2D eigenvalue weighted by molar-refractivity contribution is 5.79. The lowest BCUT2D eigenvalue weighted by Crippen LogP contribution is -2.24. The standard InChI is InChI=1S/C20H21N5O2/c1-3-14-5-7-15(8-6-14)11-25-12-16(10-18(25)26)20-21-19(24-27-20)17-9-4-13(2)22-23-17/h4-9,16H,3,10-12H2,1-2H3/t16-/m1/s1. The fraction of sp³-hybridized carbons (Fsp3) is 0.350. The lowest BCUT2D eigenvalue weighted by molar-refractivity contribution is -0.128. The van der Waals surface area contributed by atoms with Crippen LogP contribution in [0.25, 0.3) is 11.5 Å². The van der Waals surface area contributed by atoms with E-state index in [1.165, 1.54) is 5.56 Å². The first-order chi connectivity index (χ1) is 13.1. The Balaban J connectivity index is 1.45. The molecule has 4 rings (SSSR count). The number of benzene rings is 1. The van der Waals surface area contributed by atoms with E-state index in [1.807, 2.05) is 24.0 Å². The summed E-state index contributed by atoms with van der Waals surface area (Å²) in [6.45, 7) is 5.18. The molecule has 0 saturated carbocycles. The van der Waals surface area contributed by atoms with Crippen LogP contribution in [-0.2, 0) is 17.8 Å². The molecule has 1 amide bonds. The van der Waals surface area contributed by atoms with Gasteiger partial charge in [0.05, 0.1) is 11.6 Å². The summed E-state index contributed by atoms with van der Waals surface area (Å²) in [6, 6.07) is 12.0. The van der Waals surface area contributed by atoms with Gasteiger partial charge in [0.15, 0.2) is 0 Å². The number of amides is 1. The molecule has 1 fully saturated rings. The number of nitrogens with zero attached hydrogens (tertiary/aromatic N) is 5. The van der Waals surface area contributed by atoms with Crippen LogP contribution in [0.5, 0.6) is 0 Å². The molecule has 3 aromatic rings. The maximum Gasteiger partial charge on any atom is 0.232 e. The lowest BCUT2D eigenvalue weighted by atomic mass is 10.1. The molecule has 0 radical (unpaired) electrons. The smallest absolute Gasteiger partial charge is 0.232 e. The van der Waals surface area contributed by atoms with Gasteiger partial charge in [-0.1, -0.05) is 36.3 Å². The van der Waals surface area contributed by atoms with Gasteiger partial charge in [-0.25, -0.2) is 0 Å². The van der Waals surface area contributed by atoms with Crippen molar-refractivity contribution < 1.29 is 9.32 Å². The molecular weight excluding hydrogens is 342 g/mol. The van der Waals surface area contributed by atoms with Crippen molar-refractivity contribution in [2.75, 3.05) is 6.54 Å². The Kier molecular flexibility index (Phi) is 4.66. The van der Waals surface area contributed by atoms with E-state index in [-0.39, 0.29) is 11.8 Å². The second kappa shape index (κ2) is 7.26. The number of rotatable bonds is 5. The third-order valence-corrected chi connectivity index (χ3v) is 4.84. The summed E-state index contributed by atoms with van der Waals surface area (Å²) in [6.07, 6.45) is 1.39. The van der Waals surface area contributed by atoms with E-state index in [2.05, 4.69) is 51.5 Å². The lowest BCUT2D eigenvalue weighted by Gasteiger charge is -2.16. The van der Waals surface area contributed by atoms with Crippen molar-refractivity contribution >= 4 is 5.91 Å². The Morgan fingerprint density at radius 3 is 2.59 bits per heavy atom. The average molecular weight is 363 g/mol. The van der Waals surface area contributed by atoms with Gasteiger partial charge in [0.2, 0.25) is 17.6 Å². The molecule has 0 spiro atoms. The summed E-state index contributed by atoms with van der Waals surface area (Å²) in [7, 11) is 0. The fourth-order valence-corrected chi connectivity index (χ4v) is 3.21. The van der Waals surface area contributed by atoms with Crippen LogP contribution in [0.2, 0.25) is 0 Å². The highest BCUT2D eigenvalue weighted by atomic mass is 16.5. The van der Waals surface area contributed by atoms with E-state index in [1.54, 1.807) is 0 Å². The second-order valence-corrected chi connectivity index (χ2v) is 6.86. The highest BCUT2D eigenvalue weighted by Gasteiger charge is 2.34. The van der Waals surface area contributed by atoms with Gasteiger partial charge in [0.25, 0.3) is 0 Å². The summed E-state index contributed by atoms with van der Waals surface area (Å²) in [4.78, 5) is 18.7. The first-order valence-electron chi connectivity index (χ1n) is 9.12. The number of hydrogen-bond acceptors (Lipinski definition) is 6. The van der Waals surface area contributed by atoms with Crippen molar-refractivity contribution in [3.8, 4) is 11.5 Å². The number of likely N-dealkylation sites (tertiary alicyclic amines) is 1. The Morgan fingerprint density at radius 2 is 1.89 bits per heavy atom. The number of carbonyl (C=O) groups excluding carboxylic acids is 1. The SMILES string of the molecule is CCc1ccc(CN2C[C@H](c3nc(-c4ccc(C)nn4)no3)CC2=O)cc1. The summed E-state index contributed by atoms with van der Waals surface area (Å²) < 4.78 is 5.40. The predicted octanol–water partition coefficient (Wildman–Crippen LogP) is 2.91. The van der Waals surface area contributed by atoms with Gasteiger partial charge in [0.1, 0.15) is 5.69 Å². The molecule has 1 saturated heterocycles. The summed E-state index contributed by atoms with van der Waals surface area (Å²) in [5, 5.41) is 12.1. The van der Waals surface area contributed by atoms with Gasteiger partial charge in [-0.15, -0.1) is 5.10 Å². The van der Waals surface area contributed by atoms with Gasteiger partial charge < -0.3 is 9.42 Å². The number of hydrogen-bond donors (Lipinski definition) is 0. The van der Waals surface area contributed by atoms with Crippen molar-refractivity contribution in [1.82, 2.24) is 25.2 Å². The van der Waals surface area contributed by atoms with Gasteiger partial charge >= 0.3 is 0 Å². The van der Waals surface area contributed by atoms with Crippen LogP contribution in [0.15, 0.2) is 40.9 Å². The summed E-state index contributed by atoms with van der Waals surface area (Å²) in [5.41, 5.74) is 3.81. The molecule has 27 heavy (non-hydrogen) atoms. The van der Waals surface area contributed by atoms with Crippen LogP contribution in [0, 0.1) is 6.92 Å². The zero-order valence-electron chi connectivity index (χ0n) is 15.4. The van der Waals surface area contributed by atoms with Crippen LogP contribution < -0.4 is 0 Å². The maximum atomic E-state index is 12.4. The Bertz CT molecular complexity index is 934. The molecule has 2 aromatic heterocycles. The van der Waals surface area contributed by atoms with Gasteiger partial charge in [-0.2, -0.15) is 10.1 Å². The first kappa shape index (κ1) is 17.3. The number of aromatic nitrogens is 4. The molecule has 7 nitrogen and oxygen atoms in total. The van der Waals surface area contributed by atoms with Crippen molar-refractivity contribution in [2.45, 2.75) is 39.2 Å². The molecule has 7 heteroatoms. The normalized spacial score (nSPS) is 16.9. The van der Waals surface area contributed by atoms with Crippen molar-refractivity contribution in [3.63, 3.8) is 0 Å². The van der Waals surface area contributed by atoms with Gasteiger partial charge in [-0.3, -0.25) is 4.79 Å². The van der Waals surface area contributed by atoms with Crippen LogP contribution in [0.1, 0.15) is 42.0 Å². The molecule has 0 bridgehead atoms. The molecule has 3 heterocycles. The molecule has 138 valence electrons. The Morgan fingerprint density at radius 1 is 1.11 bits per heavy atom. The van der Waals surface area contributed by atoms with E-state index >= 15 is 0 Å². The van der Waals surface area contributed by atoms with Gasteiger partial charge in [-0.05, 0) is 36.6 Å². The molecule has 1 aliphatic heterocycles. The van der Waals surface area contributed by atoms with E-state index in [9.17, 15) is 4.79 Å². The van der Waals surface area contributed by atoms with Crippen molar-refractivity contribution in [3.05, 3.63) is 59.1 Å². The van der Waals surface area contributed by atoms with Crippen LogP contribution in [0.3, 0.4) is 0 Å². The largest absolute Gasteiger partial charge is 0.339 e. The van der Waals surface area contributed by atoms with Crippen LogP contribution in [-0.4, -0.2) is 37.7 Å². The average Bonchev–Trinajstić information content (AvgIpc) is 3.30. The minimum Gasteiger partial charge on any atom is -0.339 e. The number of carbonyl (C=O) groups is 1. The second-order valence-electron chi connectivity index (χ2n) is 6.86. The fourth-order valence-electron chi connectivity index (χ4n) is 3.21. The minimum atomic E-state index is -0.0907. The predicted molar refractivity (Wildman–Crippen MR) is 98.7 cm³/mol. The third-order valence-electron chi connectivity index (χ3n) is 4.84. The molecule has 1 aliphatic rings. The maximum absolute atomic E-state index is 12.4. The minimum absolute atomic E-state index is 0.0907. The first-order valence-corrected chi connectivity index (χ1v) is 9.12. The quantitative estimate of drug-likeness (QED) is 0.693. The van der Waals surface area contributed by atoms with Crippen molar-refractivity contribution in [1.29, 1.82) is 0 Å². The molecular formula is C20H21N5O2. The zero-order valence-corrected chi connectivity index (χ0v) is 15.4. The Labute approximate surface area is 157 Å². The summed E-state index contributed by atoms with van der Waals surface area (Å²) >= 11 is 0. The molecule has 0 unspecified atom stereocenters. The van der Waals surface area contributed by atoms with E-state index in [0.717, 1.165) is 17.7 Å². The Hall–Kier alpha value is -3.09. The van der Waals surface area contributed by atoms with Gasteiger partial charge in [0, 0.05) is 19.5 Å².